The van der Waals surface area contributed by atoms with E-state index in [-0.39, 0.29) is 0 Å². The highest BCUT2D eigenvalue weighted by atomic mass is 15.3. The fraction of sp³-hybridized carbons (Fsp3) is 0.300. The molecule has 1 aromatic heterocycles. The maximum Gasteiger partial charge on any atom is 0.203 e. The van der Waals surface area contributed by atoms with Gasteiger partial charge in [-0.2, -0.15) is 0 Å². The molecule has 0 atom stereocenters. The quantitative estimate of drug-likeness (QED) is 0.596. The Morgan fingerprint density at radius 1 is 0.720 bits per heavy atom. The van der Waals surface area contributed by atoms with Gasteiger partial charge in [-0.05, 0) is 49.1 Å². The zero-order valence-electron chi connectivity index (χ0n) is 14.3. The molecule has 5 nitrogen and oxygen atoms in total. The van der Waals surface area contributed by atoms with Gasteiger partial charge in [-0.25, -0.2) is 0 Å². The number of unbranched alkanes of at least 4 members (excludes halogenated alkanes) is 3. The lowest BCUT2D eigenvalue weighted by Crippen LogP contribution is -2.01. The monoisotopic (exact) mass is 333 g/mol. The van der Waals surface area contributed by atoms with Crippen molar-refractivity contribution in [2.45, 2.75) is 32.1 Å². The number of hydrogen-bond donors (Lipinski definition) is 1. The molecule has 3 aromatic rings. The molecule has 0 saturated heterocycles. The van der Waals surface area contributed by atoms with Crippen LogP contribution in [-0.4, -0.2) is 26.9 Å². The molecule has 2 aromatic carbocycles. The van der Waals surface area contributed by atoms with Crippen LogP contribution in [0.4, 0.5) is 5.69 Å². The van der Waals surface area contributed by atoms with Crippen molar-refractivity contribution in [2.24, 2.45) is 0 Å². The van der Waals surface area contributed by atoms with Crippen molar-refractivity contribution in [3.63, 3.8) is 0 Å². The summed E-state index contributed by atoms with van der Waals surface area (Å²) in [7, 11) is 0. The normalized spacial score (nSPS) is 10.6. The maximum atomic E-state index is 3.96. The molecule has 0 unspecified atom stereocenters. The second-order valence-corrected chi connectivity index (χ2v) is 6.02. The molecule has 0 aliphatic heterocycles. The van der Waals surface area contributed by atoms with Gasteiger partial charge >= 0.3 is 0 Å². The van der Waals surface area contributed by atoms with Crippen molar-refractivity contribution in [1.82, 2.24) is 20.4 Å². The Morgan fingerprint density at radius 3 is 2.20 bits per heavy atom. The van der Waals surface area contributed by atoms with Crippen LogP contribution in [0.3, 0.4) is 0 Å². The maximum absolute atomic E-state index is 3.96. The Morgan fingerprint density at radius 2 is 1.44 bits per heavy atom. The van der Waals surface area contributed by atoms with E-state index in [1.807, 2.05) is 24.3 Å². The Kier molecular flexibility index (Phi) is 6.45. The highest BCUT2D eigenvalue weighted by Gasteiger charge is 2.01. The van der Waals surface area contributed by atoms with Crippen molar-refractivity contribution in [3.05, 3.63) is 66.5 Å². The third-order valence-electron chi connectivity index (χ3n) is 4.12. The highest BCUT2D eigenvalue weighted by molar-refractivity contribution is 5.58. The van der Waals surface area contributed by atoms with E-state index in [1.165, 1.54) is 44.0 Å². The minimum atomic E-state index is 0.549. The lowest BCUT2D eigenvalue weighted by atomic mass is 10.1. The van der Waals surface area contributed by atoms with Crippen LogP contribution in [0.25, 0.3) is 11.4 Å². The van der Waals surface area contributed by atoms with Crippen LogP contribution < -0.4 is 5.32 Å². The average Bonchev–Trinajstić information content (AvgIpc) is 2.69. The molecule has 3 rings (SSSR count). The number of hydrogen-bond acceptors (Lipinski definition) is 5. The number of benzene rings is 2. The summed E-state index contributed by atoms with van der Waals surface area (Å²) < 4.78 is 0. The molecule has 25 heavy (non-hydrogen) atoms. The predicted octanol–water partition coefficient (Wildman–Crippen LogP) is 4.15. The van der Waals surface area contributed by atoms with Crippen LogP contribution >= 0.6 is 0 Å². The van der Waals surface area contributed by atoms with Gasteiger partial charge in [-0.15, -0.1) is 20.4 Å². The summed E-state index contributed by atoms with van der Waals surface area (Å²) in [5.41, 5.74) is 3.48. The van der Waals surface area contributed by atoms with Crippen LogP contribution in [0.2, 0.25) is 0 Å². The first-order valence-electron chi connectivity index (χ1n) is 8.80. The van der Waals surface area contributed by atoms with Crippen LogP contribution in [0.15, 0.2) is 60.9 Å². The summed E-state index contributed by atoms with van der Waals surface area (Å²) in [4.78, 5) is 0. The van der Waals surface area contributed by atoms with Crippen LogP contribution in [0.1, 0.15) is 31.2 Å². The fourth-order valence-corrected chi connectivity index (χ4v) is 2.74. The molecule has 5 heteroatoms. The first kappa shape index (κ1) is 17.0. The molecule has 0 fully saturated rings. The Labute approximate surface area is 148 Å². The van der Waals surface area contributed by atoms with E-state index in [1.54, 1.807) is 0 Å². The van der Waals surface area contributed by atoms with Gasteiger partial charge in [0.05, 0.1) is 0 Å². The Bertz CT molecular complexity index is 729. The molecule has 0 amide bonds. The number of rotatable bonds is 9. The van der Waals surface area contributed by atoms with Gasteiger partial charge in [-0.1, -0.05) is 43.2 Å². The number of anilines is 1. The summed E-state index contributed by atoms with van der Waals surface area (Å²) in [5, 5.41) is 18.9. The molecule has 0 aliphatic carbocycles. The number of aromatic nitrogens is 4. The third kappa shape index (κ3) is 5.64. The molecule has 1 N–H and O–H groups in total. The SMILES string of the molecule is c1ccc(CCCCCCNc2ccc(-c3nncnn3)cc2)cc1. The van der Waals surface area contributed by atoms with Gasteiger partial charge in [0.25, 0.3) is 0 Å². The molecule has 0 bridgehead atoms. The largest absolute Gasteiger partial charge is 0.385 e. The summed E-state index contributed by atoms with van der Waals surface area (Å²) in [6.45, 7) is 0.996. The van der Waals surface area contributed by atoms with E-state index >= 15 is 0 Å². The van der Waals surface area contributed by atoms with Gasteiger partial charge < -0.3 is 5.32 Å². The zero-order valence-corrected chi connectivity index (χ0v) is 14.3. The molecular weight excluding hydrogens is 310 g/mol. The van der Waals surface area contributed by atoms with Crippen molar-refractivity contribution < 1.29 is 0 Å². The summed E-state index contributed by atoms with van der Waals surface area (Å²) in [6, 6.07) is 18.8. The van der Waals surface area contributed by atoms with Gasteiger partial charge in [0.2, 0.25) is 5.82 Å². The minimum absolute atomic E-state index is 0.549. The lowest BCUT2D eigenvalue weighted by Gasteiger charge is -2.07. The van der Waals surface area contributed by atoms with E-state index in [0.717, 1.165) is 17.8 Å². The lowest BCUT2D eigenvalue weighted by molar-refractivity contribution is 0.654. The molecular formula is C20H23N5. The molecule has 128 valence electrons. The summed E-state index contributed by atoms with van der Waals surface area (Å²) in [5.74, 6) is 0.549. The first-order valence-corrected chi connectivity index (χ1v) is 8.80. The van der Waals surface area contributed by atoms with E-state index in [4.69, 9.17) is 0 Å². The standard InChI is InChI=1S/C20H23N5/c1(4-8-17-9-5-3-6-10-17)2-7-15-21-19-13-11-18(12-14-19)20-24-22-16-23-25-20/h3,5-6,9-14,16,21H,1-2,4,7-8,15H2. The minimum Gasteiger partial charge on any atom is -0.385 e. The second kappa shape index (κ2) is 9.47. The van der Waals surface area contributed by atoms with Crippen LogP contribution in [-0.2, 0) is 6.42 Å². The average molecular weight is 333 g/mol. The highest BCUT2D eigenvalue weighted by Crippen LogP contribution is 2.16. The van der Waals surface area contributed by atoms with Gasteiger partial charge in [0.15, 0.2) is 6.33 Å². The number of aryl methyl sites for hydroxylation is 1. The van der Waals surface area contributed by atoms with Crippen LogP contribution in [0.5, 0.6) is 0 Å². The molecule has 0 aliphatic rings. The Balaban J connectivity index is 1.31. The van der Waals surface area contributed by atoms with E-state index in [9.17, 15) is 0 Å². The van der Waals surface area contributed by atoms with Gasteiger partial charge in [-0.3, -0.25) is 0 Å². The van der Waals surface area contributed by atoms with Crippen molar-refractivity contribution in [2.75, 3.05) is 11.9 Å². The van der Waals surface area contributed by atoms with Crippen molar-refractivity contribution in [3.8, 4) is 11.4 Å². The number of nitrogens with zero attached hydrogens (tertiary/aromatic N) is 4. The smallest absolute Gasteiger partial charge is 0.203 e. The molecule has 0 saturated carbocycles. The molecule has 0 radical (unpaired) electrons. The van der Waals surface area contributed by atoms with E-state index < -0.39 is 0 Å². The zero-order chi connectivity index (χ0) is 17.2. The molecule has 0 spiro atoms. The van der Waals surface area contributed by atoms with Gasteiger partial charge in [0, 0.05) is 17.8 Å². The topological polar surface area (TPSA) is 63.6 Å². The number of nitrogens with one attached hydrogen (secondary N) is 1. The van der Waals surface area contributed by atoms with Crippen molar-refractivity contribution >= 4 is 5.69 Å². The fourth-order valence-electron chi connectivity index (χ4n) is 2.74. The van der Waals surface area contributed by atoms with Crippen LogP contribution in [0, 0.1) is 0 Å². The Hall–Kier alpha value is -2.82. The summed E-state index contributed by atoms with van der Waals surface area (Å²) >= 11 is 0. The van der Waals surface area contributed by atoms with E-state index in [0.29, 0.717) is 5.82 Å². The van der Waals surface area contributed by atoms with Gasteiger partial charge in [0.1, 0.15) is 0 Å². The van der Waals surface area contributed by atoms with E-state index in [2.05, 4.69) is 56.0 Å². The predicted molar refractivity (Wildman–Crippen MR) is 100 cm³/mol. The first-order chi connectivity index (χ1) is 12.4. The summed E-state index contributed by atoms with van der Waals surface area (Å²) in [6.07, 6.45) is 7.50. The molecule has 1 heterocycles. The second-order valence-electron chi connectivity index (χ2n) is 6.02. The van der Waals surface area contributed by atoms with Crippen molar-refractivity contribution in [1.29, 1.82) is 0 Å². The third-order valence-corrected chi connectivity index (χ3v) is 4.12.